The molecule has 0 atom stereocenters. The van der Waals surface area contributed by atoms with Crippen LogP contribution in [0.4, 0.5) is 18.9 Å². The summed E-state index contributed by atoms with van der Waals surface area (Å²) in [6.45, 7) is 2.61. The van der Waals surface area contributed by atoms with E-state index in [1.807, 2.05) is 0 Å². The summed E-state index contributed by atoms with van der Waals surface area (Å²) in [6.07, 6.45) is -4.22. The van der Waals surface area contributed by atoms with Crippen LogP contribution < -0.4 is 5.32 Å². The first-order valence-electron chi connectivity index (χ1n) is 8.96. The van der Waals surface area contributed by atoms with Crippen molar-refractivity contribution in [3.63, 3.8) is 0 Å². The second kappa shape index (κ2) is 8.54. The van der Waals surface area contributed by atoms with Crippen LogP contribution in [-0.4, -0.2) is 26.1 Å². The monoisotopic (exact) mass is 523 g/mol. The topological polar surface area (TPSA) is 98.8 Å². The SMILES string of the molecule is CC1(C)OC(=O)C(=CNc2cc(C(F)(F)F)c(Cl)cc2S(=O)(=O)c2ccc(Cl)cc2)C(=O)O1. The van der Waals surface area contributed by atoms with Gasteiger partial charge in [-0.2, -0.15) is 13.2 Å². The van der Waals surface area contributed by atoms with Gasteiger partial charge in [-0.15, -0.1) is 0 Å². The third-order valence-electron chi connectivity index (χ3n) is 4.28. The fourth-order valence-corrected chi connectivity index (χ4v) is 4.67. The minimum absolute atomic E-state index is 0.236. The van der Waals surface area contributed by atoms with Gasteiger partial charge in [-0.05, 0) is 36.4 Å². The Bertz CT molecular complexity index is 1250. The molecule has 0 saturated carbocycles. The van der Waals surface area contributed by atoms with Gasteiger partial charge in [-0.25, -0.2) is 18.0 Å². The second-order valence-electron chi connectivity index (χ2n) is 7.16. The molecule has 13 heteroatoms. The first-order valence-corrected chi connectivity index (χ1v) is 11.2. The van der Waals surface area contributed by atoms with Gasteiger partial charge < -0.3 is 14.8 Å². The molecule has 0 unspecified atom stereocenters. The molecule has 1 saturated heterocycles. The summed E-state index contributed by atoms with van der Waals surface area (Å²) in [5.41, 5.74) is -2.62. The van der Waals surface area contributed by atoms with Crippen molar-refractivity contribution in [2.24, 2.45) is 0 Å². The van der Waals surface area contributed by atoms with Crippen LogP contribution in [0.1, 0.15) is 19.4 Å². The number of sulfone groups is 1. The van der Waals surface area contributed by atoms with E-state index in [0.717, 1.165) is 12.1 Å². The molecule has 7 nitrogen and oxygen atoms in total. The molecule has 1 N–H and O–H groups in total. The Hall–Kier alpha value is -2.76. The summed E-state index contributed by atoms with van der Waals surface area (Å²) in [6, 6.07) is 5.95. The number of ether oxygens (including phenoxy) is 2. The largest absolute Gasteiger partial charge is 0.419 e. The highest BCUT2D eigenvalue weighted by Gasteiger charge is 2.39. The van der Waals surface area contributed by atoms with E-state index >= 15 is 0 Å². The molecule has 2 aromatic rings. The summed E-state index contributed by atoms with van der Waals surface area (Å²) in [4.78, 5) is 23.3. The Labute approximate surface area is 196 Å². The zero-order valence-electron chi connectivity index (χ0n) is 16.8. The van der Waals surface area contributed by atoms with E-state index in [0.29, 0.717) is 18.3 Å². The number of nitrogens with one attached hydrogen (secondary N) is 1. The molecule has 0 spiro atoms. The van der Waals surface area contributed by atoms with E-state index < -0.39 is 60.5 Å². The molecule has 1 fully saturated rings. The highest BCUT2D eigenvalue weighted by molar-refractivity contribution is 7.91. The first kappa shape index (κ1) is 24.9. The van der Waals surface area contributed by atoms with E-state index in [2.05, 4.69) is 5.32 Å². The van der Waals surface area contributed by atoms with Gasteiger partial charge in [-0.3, -0.25) is 0 Å². The van der Waals surface area contributed by atoms with Gasteiger partial charge in [0.15, 0.2) is 5.57 Å². The number of benzene rings is 2. The van der Waals surface area contributed by atoms with Crippen LogP contribution in [0.25, 0.3) is 0 Å². The van der Waals surface area contributed by atoms with Crippen LogP contribution in [-0.2, 0) is 35.1 Å². The number of carbonyl (C=O) groups is 2. The molecule has 0 bridgehead atoms. The van der Waals surface area contributed by atoms with Gasteiger partial charge in [0, 0.05) is 25.1 Å². The number of carbonyl (C=O) groups excluding carboxylic acids is 2. The third kappa shape index (κ3) is 5.26. The summed E-state index contributed by atoms with van der Waals surface area (Å²) in [5, 5.41) is 1.64. The minimum atomic E-state index is -4.92. The molecule has 0 amide bonds. The van der Waals surface area contributed by atoms with Crippen LogP contribution >= 0.6 is 23.2 Å². The van der Waals surface area contributed by atoms with E-state index in [9.17, 15) is 31.2 Å². The fourth-order valence-electron chi connectivity index (χ4n) is 2.78. The average molecular weight is 524 g/mol. The van der Waals surface area contributed by atoms with Crippen molar-refractivity contribution >= 4 is 50.7 Å². The lowest BCUT2D eigenvalue weighted by atomic mass is 10.2. The van der Waals surface area contributed by atoms with Gasteiger partial charge in [0.2, 0.25) is 9.84 Å². The summed E-state index contributed by atoms with van der Waals surface area (Å²) >= 11 is 11.5. The molecule has 33 heavy (non-hydrogen) atoms. The summed E-state index contributed by atoms with van der Waals surface area (Å²) in [7, 11) is -4.40. The number of alkyl halides is 3. The summed E-state index contributed by atoms with van der Waals surface area (Å²) in [5.74, 6) is -3.77. The quantitative estimate of drug-likeness (QED) is 0.342. The van der Waals surface area contributed by atoms with E-state index in [1.54, 1.807) is 0 Å². The van der Waals surface area contributed by atoms with Crippen LogP contribution in [0.2, 0.25) is 10.0 Å². The molecule has 3 rings (SSSR count). The molecule has 1 heterocycles. The number of hydrogen-bond donors (Lipinski definition) is 1. The Morgan fingerprint density at radius 2 is 1.55 bits per heavy atom. The number of hydrogen-bond acceptors (Lipinski definition) is 7. The molecule has 0 aliphatic carbocycles. The standard InChI is InChI=1S/C20H14Cl2F3NO6S/c1-19(2)31-17(27)12(18(28)32-19)9-26-15-7-13(20(23,24)25)14(22)8-16(15)33(29,30)11-5-3-10(21)4-6-11/h3-9,26H,1-2H3. The Balaban J connectivity index is 2.14. The number of halogens is 5. The first-order chi connectivity index (χ1) is 15.1. The van der Waals surface area contributed by atoms with Crippen LogP contribution in [0.5, 0.6) is 0 Å². The van der Waals surface area contributed by atoms with Crippen molar-refractivity contribution < 1.29 is 40.7 Å². The van der Waals surface area contributed by atoms with Gasteiger partial charge in [0.25, 0.3) is 5.79 Å². The van der Waals surface area contributed by atoms with Crippen LogP contribution in [0.3, 0.4) is 0 Å². The van der Waals surface area contributed by atoms with E-state index in [-0.39, 0.29) is 9.92 Å². The van der Waals surface area contributed by atoms with Crippen molar-refractivity contribution in [1.82, 2.24) is 0 Å². The van der Waals surface area contributed by atoms with Gasteiger partial charge in [0.1, 0.15) is 0 Å². The molecule has 0 radical (unpaired) electrons. The Morgan fingerprint density at radius 3 is 2.06 bits per heavy atom. The lowest BCUT2D eigenvalue weighted by Gasteiger charge is -2.29. The maximum atomic E-state index is 13.4. The van der Waals surface area contributed by atoms with Gasteiger partial charge in [0.05, 0.1) is 26.1 Å². The molecule has 1 aliphatic rings. The number of rotatable bonds is 4. The maximum absolute atomic E-state index is 13.4. The van der Waals surface area contributed by atoms with E-state index in [4.69, 9.17) is 32.7 Å². The smallest absolute Gasteiger partial charge is 0.417 e. The zero-order chi connectivity index (χ0) is 24.8. The van der Waals surface area contributed by atoms with Crippen LogP contribution in [0, 0.1) is 0 Å². The normalized spacial score (nSPS) is 16.2. The average Bonchev–Trinajstić information content (AvgIpc) is 2.66. The molecule has 176 valence electrons. The fraction of sp³-hybridized carbons (Fsp3) is 0.200. The predicted octanol–water partition coefficient (Wildman–Crippen LogP) is 4.98. The lowest BCUT2D eigenvalue weighted by Crippen LogP contribution is -2.42. The molecular weight excluding hydrogens is 510 g/mol. The number of esters is 2. The van der Waals surface area contributed by atoms with Crippen molar-refractivity contribution in [3.8, 4) is 0 Å². The number of cyclic esters (lactones) is 2. The van der Waals surface area contributed by atoms with Crippen molar-refractivity contribution in [1.29, 1.82) is 0 Å². The highest BCUT2D eigenvalue weighted by atomic mass is 35.5. The maximum Gasteiger partial charge on any atom is 0.417 e. The highest BCUT2D eigenvalue weighted by Crippen LogP contribution is 2.40. The molecular formula is C20H14Cl2F3NO6S. The molecule has 2 aromatic carbocycles. The van der Waals surface area contributed by atoms with Crippen LogP contribution in [0.15, 0.2) is 58.0 Å². The van der Waals surface area contributed by atoms with Crippen molar-refractivity contribution in [2.45, 2.75) is 35.6 Å². The van der Waals surface area contributed by atoms with Gasteiger partial charge in [-0.1, -0.05) is 23.2 Å². The Kier molecular flexibility index (Phi) is 6.44. The predicted molar refractivity (Wildman–Crippen MR) is 111 cm³/mol. The van der Waals surface area contributed by atoms with E-state index in [1.165, 1.54) is 26.0 Å². The molecule has 1 aliphatic heterocycles. The zero-order valence-corrected chi connectivity index (χ0v) is 19.1. The third-order valence-corrected chi connectivity index (χ3v) is 6.65. The minimum Gasteiger partial charge on any atom is -0.419 e. The van der Waals surface area contributed by atoms with Crippen molar-refractivity contribution in [2.75, 3.05) is 5.32 Å². The number of anilines is 1. The summed E-state index contributed by atoms with van der Waals surface area (Å²) < 4.78 is 76.2. The lowest BCUT2D eigenvalue weighted by molar-refractivity contribution is -0.222. The molecule has 0 aromatic heterocycles. The van der Waals surface area contributed by atoms with Gasteiger partial charge >= 0.3 is 18.1 Å². The van der Waals surface area contributed by atoms with Crippen molar-refractivity contribution in [3.05, 3.63) is 63.8 Å². The second-order valence-corrected chi connectivity index (χ2v) is 9.93. The Morgan fingerprint density at radius 1 is 1.00 bits per heavy atom.